The average Bonchev–Trinajstić information content (AvgIpc) is 3.44. The molecule has 0 spiro atoms. The van der Waals surface area contributed by atoms with Crippen LogP contribution in [-0.4, -0.2) is 68.8 Å². The summed E-state index contributed by atoms with van der Waals surface area (Å²) in [5.74, 6) is 0. The molecule has 0 aliphatic carbocycles. The highest BCUT2D eigenvalue weighted by Crippen LogP contribution is 2.39. The Bertz CT molecular complexity index is 1040. The van der Waals surface area contributed by atoms with Gasteiger partial charge in [-0.15, -0.1) is 0 Å². The number of pyridine rings is 2. The molecule has 2 unspecified atom stereocenters. The third-order valence-electron chi connectivity index (χ3n) is 6.42. The lowest BCUT2D eigenvalue weighted by Gasteiger charge is -2.31. The van der Waals surface area contributed by atoms with Crippen LogP contribution in [0, 0.1) is 0 Å². The first kappa shape index (κ1) is 22.0. The van der Waals surface area contributed by atoms with Crippen LogP contribution in [0.5, 0.6) is 0 Å². The van der Waals surface area contributed by atoms with Crippen molar-refractivity contribution in [3.05, 3.63) is 84.2 Å². The van der Waals surface area contributed by atoms with Crippen molar-refractivity contribution in [1.29, 1.82) is 0 Å². The topological polar surface area (TPSA) is 58.5 Å². The largest absolute Gasteiger partial charge is 0.379 e. The molecule has 5 heterocycles. The van der Waals surface area contributed by atoms with Gasteiger partial charge in [0.05, 0.1) is 31.0 Å². The highest BCUT2D eigenvalue weighted by Gasteiger charge is 2.40. The zero-order valence-corrected chi connectivity index (χ0v) is 19.5. The van der Waals surface area contributed by atoms with Crippen LogP contribution in [-0.2, 0) is 11.3 Å². The Morgan fingerprint density at radius 2 is 1.94 bits per heavy atom. The summed E-state index contributed by atoms with van der Waals surface area (Å²) in [6, 6.07) is 14.6. The minimum absolute atomic E-state index is 0.00429. The Kier molecular flexibility index (Phi) is 6.95. The number of hydrogen-bond acceptors (Lipinski definition) is 5. The van der Waals surface area contributed by atoms with E-state index in [2.05, 4.69) is 60.1 Å². The van der Waals surface area contributed by atoms with Gasteiger partial charge in [-0.25, -0.2) is 0 Å². The van der Waals surface area contributed by atoms with E-state index in [1.54, 1.807) is 0 Å². The number of aromatic nitrogens is 3. The lowest BCUT2D eigenvalue weighted by molar-refractivity contribution is 0.0365. The molecule has 5 rings (SSSR count). The molecule has 33 heavy (non-hydrogen) atoms. The predicted octanol–water partition coefficient (Wildman–Crippen LogP) is 3.02. The summed E-state index contributed by atoms with van der Waals surface area (Å²) in [6.45, 7) is 6.41. The third kappa shape index (κ3) is 5.08. The predicted molar refractivity (Wildman–Crippen MR) is 132 cm³/mol. The fourth-order valence-electron chi connectivity index (χ4n) is 4.79. The zero-order valence-electron chi connectivity index (χ0n) is 18.7. The van der Waals surface area contributed by atoms with Crippen molar-refractivity contribution < 1.29 is 4.74 Å². The van der Waals surface area contributed by atoms with E-state index in [4.69, 9.17) is 17.0 Å². The zero-order chi connectivity index (χ0) is 22.5. The number of nitrogens with one attached hydrogen (secondary N) is 1. The van der Waals surface area contributed by atoms with Crippen molar-refractivity contribution >= 4 is 17.3 Å². The molecular formula is C25H30N6OS. The Labute approximate surface area is 200 Å². The molecule has 3 aromatic rings. The van der Waals surface area contributed by atoms with Gasteiger partial charge in [0.2, 0.25) is 0 Å². The molecule has 0 aromatic carbocycles. The van der Waals surface area contributed by atoms with Crippen LogP contribution in [0.15, 0.2) is 67.3 Å². The fraction of sp³-hybridized carbons (Fsp3) is 0.400. The van der Waals surface area contributed by atoms with Gasteiger partial charge in [0.1, 0.15) is 0 Å². The van der Waals surface area contributed by atoms with E-state index in [9.17, 15) is 0 Å². The summed E-state index contributed by atoms with van der Waals surface area (Å²) in [5.41, 5.74) is 3.42. The van der Waals surface area contributed by atoms with E-state index < -0.39 is 0 Å². The molecule has 0 radical (unpaired) electrons. The lowest BCUT2D eigenvalue weighted by atomic mass is 10.0. The maximum Gasteiger partial charge on any atom is 0.170 e. The normalized spacial score (nSPS) is 21.3. The van der Waals surface area contributed by atoms with Crippen LogP contribution in [0.3, 0.4) is 0 Å². The lowest BCUT2D eigenvalue weighted by Crippen LogP contribution is -2.39. The summed E-state index contributed by atoms with van der Waals surface area (Å²) in [7, 11) is 0. The Hall–Kier alpha value is -2.81. The van der Waals surface area contributed by atoms with E-state index in [1.165, 1.54) is 11.3 Å². The molecular weight excluding hydrogens is 432 g/mol. The van der Waals surface area contributed by atoms with E-state index in [-0.39, 0.29) is 12.1 Å². The minimum atomic E-state index is 0.00429. The number of hydrogen-bond donors (Lipinski definition) is 1. The molecule has 2 aliphatic heterocycles. The molecule has 8 heteroatoms. The van der Waals surface area contributed by atoms with Crippen molar-refractivity contribution in [2.24, 2.45) is 0 Å². The van der Waals surface area contributed by atoms with Gasteiger partial charge in [0, 0.05) is 63.2 Å². The quantitative estimate of drug-likeness (QED) is 0.517. The second-order valence-corrected chi connectivity index (χ2v) is 8.94. The van der Waals surface area contributed by atoms with Crippen LogP contribution in [0.1, 0.15) is 35.5 Å². The molecule has 7 nitrogen and oxygen atoms in total. The number of rotatable bonds is 8. The Morgan fingerprint density at radius 3 is 2.73 bits per heavy atom. The summed E-state index contributed by atoms with van der Waals surface area (Å²) in [4.78, 5) is 13.8. The molecule has 3 aromatic heterocycles. The van der Waals surface area contributed by atoms with Gasteiger partial charge >= 0.3 is 0 Å². The SMILES string of the molecule is S=C1NC(c2ccccn2)C(c2cccn2Cc2cccnc2)N1CCCN1CCOCC1. The maximum atomic E-state index is 5.85. The highest BCUT2D eigenvalue weighted by molar-refractivity contribution is 7.80. The molecule has 2 aliphatic rings. The standard InChI is InChI=1S/C25H30N6OS/c33-25-28-23(21-7-1-2-10-27-21)24(31(25)13-5-11-29-14-16-32-17-15-29)22-8-4-12-30(22)19-20-6-3-9-26-18-20/h1-4,6-10,12,18,23-24H,5,11,13-17,19H2,(H,28,33). The Balaban J connectivity index is 1.39. The second kappa shape index (κ2) is 10.4. The van der Waals surface area contributed by atoms with E-state index in [0.717, 1.165) is 63.2 Å². The number of ether oxygens (including phenoxy) is 1. The third-order valence-corrected chi connectivity index (χ3v) is 6.77. The average molecular weight is 463 g/mol. The summed E-state index contributed by atoms with van der Waals surface area (Å²) in [5, 5.41) is 4.37. The number of nitrogens with zero attached hydrogens (tertiary/aromatic N) is 5. The summed E-state index contributed by atoms with van der Waals surface area (Å²) >= 11 is 5.85. The molecule has 0 amide bonds. The molecule has 2 atom stereocenters. The molecule has 172 valence electrons. The number of thiocarbonyl (C=S) groups is 1. The molecule has 0 saturated carbocycles. The van der Waals surface area contributed by atoms with Crippen molar-refractivity contribution in [2.75, 3.05) is 39.4 Å². The highest BCUT2D eigenvalue weighted by atomic mass is 32.1. The van der Waals surface area contributed by atoms with E-state index in [0.29, 0.717) is 0 Å². The van der Waals surface area contributed by atoms with Crippen molar-refractivity contribution in [3.8, 4) is 0 Å². The van der Waals surface area contributed by atoms with Crippen molar-refractivity contribution in [1.82, 2.24) is 29.7 Å². The van der Waals surface area contributed by atoms with Crippen molar-refractivity contribution in [3.63, 3.8) is 0 Å². The summed E-state index contributed by atoms with van der Waals surface area (Å²) in [6.07, 6.45) is 8.79. The second-order valence-electron chi connectivity index (χ2n) is 8.55. The van der Waals surface area contributed by atoms with Gasteiger partial charge in [0.15, 0.2) is 5.11 Å². The Morgan fingerprint density at radius 1 is 1.03 bits per heavy atom. The van der Waals surface area contributed by atoms with Gasteiger partial charge in [-0.3, -0.25) is 14.9 Å². The molecule has 0 bridgehead atoms. The first-order chi connectivity index (χ1) is 16.3. The summed E-state index contributed by atoms with van der Waals surface area (Å²) < 4.78 is 7.80. The fourth-order valence-corrected chi connectivity index (χ4v) is 5.12. The van der Waals surface area contributed by atoms with Gasteiger partial charge in [-0.2, -0.15) is 0 Å². The first-order valence-electron chi connectivity index (χ1n) is 11.6. The first-order valence-corrected chi connectivity index (χ1v) is 12.0. The van der Waals surface area contributed by atoms with E-state index >= 15 is 0 Å². The van der Waals surface area contributed by atoms with Crippen LogP contribution in [0.25, 0.3) is 0 Å². The molecule has 2 fully saturated rings. The van der Waals surface area contributed by atoms with Gasteiger partial charge < -0.3 is 19.5 Å². The monoisotopic (exact) mass is 462 g/mol. The maximum absolute atomic E-state index is 5.85. The van der Waals surface area contributed by atoms with Crippen LogP contribution in [0.2, 0.25) is 0 Å². The van der Waals surface area contributed by atoms with Crippen LogP contribution < -0.4 is 5.32 Å². The van der Waals surface area contributed by atoms with Crippen LogP contribution >= 0.6 is 12.2 Å². The van der Waals surface area contributed by atoms with Crippen molar-refractivity contribution in [2.45, 2.75) is 25.0 Å². The molecule has 2 saturated heterocycles. The van der Waals surface area contributed by atoms with Gasteiger partial charge in [0.25, 0.3) is 0 Å². The number of morpholine rings is 1. The van der Waals surface area contributed by atoms with Gasteiger partial charge in [-0.05, 0) is 54.5 Å². The van der Waals surface area contributed by atoms with Crippen LogP contribution in [0.4, 0.5) is 0 Å². The minimum Gasteiger partial charge on any atom is -0.379 e. The van der Waals surface area contributed by atoms with E-state index in [1.807, 2.05) is 36.8 Å². The molecule has 1 N–H and O–H groups in total. The smallest absolute Gasteiger partial charge is 0.170 e. The van der Waals surface area contributed by atoms with Gasteiger partial charge in [-0.1, -0.05) is 12.1 Å².